The van der Waals surface area contributed by atoms with Gasteiger partial charge in [0.05, 0.1) is 0 Å². The molecule has 2 amide bonds. The SMILES string of the molecule is CN(C)C.[B]C(=O)NC(CC(C)C)C(=O)Nc1cc(C)cc(C)n1. The zero-order valence-electron chi connectivity index (χ0n) is 15.8. The van der Waals surface area contributed by atoms with Gasteiger partial charge in [-0.3, -0.25) is 9.59 Å². The maximum absolute atomic E-state index is 12.2. The molecule has 2 N–H and O–H groups in total. The van der Waals surface area contributed by atoms with Gasteiger partial charge in [-0.1, -0.05) is 13.8 Å². The van der Waals surface area contributed by atoms with Crippen LogP contribution in [0.1, 0.15) is 31.5 Å². The number of hydrogen-bond acceptors (Lipinski definition) is 4. The average Bonchev–Trinajstić information content (AvgIpc) is 2.34. The molecule has 1 heterocycles. The number of pyridine rings is 1. The standard InChI is InChI=1S/C14H20BN3O2.C3H9N/c1-8(2)5-11(17-14(15)20)13(19)18-12-7-9(3)6-10(4)16-12;1-4(2)3/h6-8,11H,5H2,1-4H3,(H,17,20)(H,16,18,19);1-3H3. The highest BCUT2D eigenvalue weighted by atomic mass is 16.2. The van der Waals surface area contributed by atoms with Gasteiger partial charge in [-0.15, -0.1) is 0 Å². The lowest BCUT2D eigenvalue weighted by molar-refractivity contribution is -0.118. The van der Waals surface area contributed by atoms with Crippen molar-refractivity contribution < 1.29 is 9.59 Å². The van der Waals surface area contributed by atoms with Crippen LogP contribution < -0.4 is 10.6 Å². The molecule has 1 rings (SSSR count). The Morgan fingerprint density at radius 2 is 1.75 bits per heavy atom. The third-order valence-electron chi connectivity index (χ3n) is 2.69. The summed E-state index contributed by atoms with van der Waals surface area (Å²) in [5, 5.41) is 5.17. The molecule has 24 heavy (non-hydrogen) atoms. The lowest BCUT2D eigenvalue weighted by Gasteiger charge is -2.19. The first kappa shape index (κ1) is 22.1. The van der Waals surface area contributed by atoms with E-state index in [2.05, 4.69) is 15.6 Å². The van der Waals surface area contributed by atoms with Gasteiger partial charge >= 0.3 is 0 Å². The average molecular weight is 332 g/mol. The van der Waals surface area contributed by atoms with E-state index in [4.69, 9.17) is 7.85 Å². The fourth-order valence-corrected chi connectivity index (χ4v) is 1.99. The highest BCUT2D eigenvalue weighted by Crippen LogP contribution is 2.11. The topological polar surface area (TPSA) is 74.3 Å². The Kier molecular flexibility index (Phi) is 9.96. The molecular weight excluding hydrogens is 303 g/mol. The van der Waals surface area contributed by atoms with Crippen molar-refractivity contribution in [3.05, 3.63) is 23.4 Å². The minimum atomic E-state index is -0.709. The van der Waals surface area contributed by atoms with Crippen molar-refractivity contribution in [2.75, 3.05) is 26.5 Å². The van der Waals surface area contributed by atoms with E-state index in [1.54, 1.807) is 6.07 Å². The van der Waals surface area contributed by atoms with Crippen LogP contribution in [0, 0.1) is 19.8 Å². The second-order valence-corrected chi connectivity index (χ2v) is 6.69. The number of nitrogens with one attached hydrogen (secondary N) is 2. The quantitative estimate of drug-likeness (QED) is 0.810. The van der Waals surface area contributed by atoms with Gasteiger partial charge in [0.1, 0.15) is 11.9 Å². The number of hydrogen-bond donors (Lipinski definition) is 2. The molecule has 0 aliphatic rings. The van der Waals surface area contributed by atoms with Gasteiger partial charge in [0, 0.05) is 5.69 Å². The lowest BCUT2D eigenvalue weighted by Crippen LogP contribution is -2.44. The molecule has 0 aromatic carbocycles. The van der Waals surface area contributed by atoms with Crippen LogP contribution in [-0.2, 0) is 4.79 Å². The first-order chi connectivity index (χ1) is 11.0. The normalized spacial score (nSPS) is 11.5. The van der Waals surface area contributed by atoms with E-state index >= 15 is 0 Å². The Labute approximate surface area is 146 Å². The van der Waals surface area contributed by atoms with E-state index in [-0.39, 0.29) is 11.8 Å². The van der Waals surface area contributed by atoms with E-state index in [9.17, 15) is 9.59 Å². The molecule has 0 saturated carbocycles. The summed E-state index contributed by atoms with van der Waals surface area (Å²) in [7, 11) is 11.1. The van der Waals surface area contributed by atoms with Gasteiger partial charge < -0.3 is 15.5 Å². The van der Waals surface area contributed by atoms with Crippen LogP contribution in [0.3, 0.4) is 0 Å². The molecule has 0 spiro atoms. The molecule has 6 nitrogen and oxygen atoms in total. The molecule has 2 radical (unpaired) electrons. The van der Waals surface area contributed by atoms with Crippen LogP contribution in [-0.4, -0.2) is 56.6 Å². The van der Waals surface area contributed by atoms with Crippen molar-refractivity contribution in [3.8, 4) is 0 Å². The first-order valence-electron chi connectivity index (χ1n) is 7.94. The maximum atomic E-state index is 12.2. The van der Waals surface area contributed by atoms with Crippen LogP contribution in [0.2, 0.25) is 0 Å². The molecule has 0 fully saturated rings. The van der Waals surface area contributed by atoms with E-state index < -0.39 is 11.8 Å². The van der Waals surface area contributed by atoms with Crippen LogP contribution >= 0.6 is 0 Å². The summed E-state index contributed by atoms with van der Waals surface area (Å²) >= 11 is 0. The van der Waals surface area contributed by atoms with Gasteiger partial charge in [0.15, 0.2) is 5.81 Å². The van der Waals surface area contributed by atoms with Crippen molar-refractivity contribution in [3.63, 3.8) is 0 Å². The van der Waals surface area contributed by atoms with Gasteiger partial charge in [-0.2, -0.15) is 0 Å². The van der Waals surface area contributed by atoms with Crippen molar-refractivity contribution in [2.45, 2.75) is 40.2 Å². The molecule has 0 aliphatic heterocycles. The maximum Gasteiger partial charge on any atom is 0.248 e. The molecule has 1 aromatic rings. The molecule has 0 saturated heterocycles. The number of rotatable bonds is 5. The number of aryl methyl sites for hydroxylation is 2. The summed E-state index contributed by atoms with van der Waals surface area (Å²) in [6.45, 7) is 7.73. The zero-order valence-corrected chi connectivity index (χ0v) is 15.8. The molecule has 0 aliphatic carbocycles. The minimum absolute atomic E-state index is 0.254. The van der Waals surface area contributed by atoms with Crippen molar-refractivity contribution in [2.24, 2.45) is 5.92 Å². The van der Waals surface area contributed by atoms with Gasteiger partial charge in [-0.25, -0.2) is 4.98 Å². The Balaban J connectivity index is 0.00000118. The smallest absolute Gasteiger partial charge is 0.248 e. The lowest BCUT2D eigenvalue weighted by atomic mass is 10.0. The molecule has 1 atom stereocenters. The summed E-state index contributed by atoms with van der Waals surface area (Å²) in [5.41, 5.74) is 1.83. The summed E-state index contributed by atoms with van der Waals surface area (Å²) < 4.78 is 0. The third-order valence-corrected chi connectivity index (χ3v) is 2.69. The van der Waals surface area contributed by atoms with Crippen LogP contribution in [0.15, 0.2) is 12.1 Å². The molecule has 1 aromatic heterocycles. The van der Waals surface area contributed by atoms with Crippen molar-refractivity contribution >= 4 is 25.4 Å². The zero-order chi connectivity index (χ0) is 18.9. The monoisotopic (exact) mass is 332 g/mol. The number of anilines is 1. The Bertz CT molecular complexity index is 524. The molecule has 0 bridgehead atoms. The summed E-state index contributed by atoms with van der Waals surface area (Å²) in [6.07, 6.45) is 0.513. The minimum Gasteiger partial charge on any atom is -0.354 e. The van der Waals surface area contributed by atoms with Crippen LogP contribution in [0.5, 0.6) is 0 Å². The Morgan fingerprint density at radius 1 is 1.21 bits per heavy atom. The van der Waals surface area contributed by atoms with E-state index in [1.165, 1.54) is 0 Å². The highest BCUT2D eigenvalue weighted by Gasteiger charge is 2.20. The second-order valence-electron chi connectivity index (χ2n) is 6.69. The number of carbonyl (C=O) groups is 2. The Hall–Kier alpha value is -1.89. The van der Waals surface area contributed by atoms with Gasteiger partial charge in [0.2, 0.25) is 13.8 Å². The molecular formula is C17H29BN4O2. The first-order valence-corrected chi connectivity index (χ1v) is 7.94. The summed E-state index contributed by atoms with van der Waals surface area (Å²) in [6, 6.07) is 3.04. The van der Waals surface area contributed by atoms with Gasteiger partial charge in [-0.05, 0) is 65.0 Å². The summed E-state index contributed by atoms with van der Waals surface area (Å²) in [4.78, 5) is 29.4. The predicted molar refractivity (Wildman–Crippen MR) is 99.5 cm³/mol. The molecule has 1 unspecified atom stereocenters. The highest BCUT2D eigenvalue weighted by molar-refractivity contribution is 6.57. The molecule has 7 heteroatoms. The van der Waals surface area contributed by atoms with Crippen LogP contribution in [0.4, 0.5) is 10.6 Å². The summed E-state index contributed by atoms with van der Waals surface area (Å²) in [5.74, 6) is -0.286. The van der Waals surface area contributed by atoms with Crippen molar-refractivity contribution in [1.82, 2.24) is 15.2 Å². The number of amides is 2. The number of carbonyl (C=O) groups excluding carboxylic acids is 2. The van der Waals surface area contributed by atoms with E-state index in [0.29, 0.717) is 12.2 Å². The fraction of sp³-hybridized carbons (Fsp3) is 0.588. The number of aromatic nitrogens is 1. The Morgan fingerprint density at radius 3 is 2.17 bits per heavy atom. The van der Waals surface area contributed by atoms with Gasteiger partial charge in [0.25, 0.3) is 0 Å². The third kappa shape index (κ3) is 10.8. The van der Waals surface area contributed by atoms with Crippen molar-refractivity contribution in [1.29, 1.82) is 0 Å². The number of nitrogens with zero attached hydrogens (tertiary/aromatic N) is 2. The van der Waals surface area contributed by atoms with E-state index in [0.717, 1.165) is 11.3 Å². The van der Waals surface area contributed by atoms with E-state index in [1.807, 2.05) is 59.8 Å². The van der Waals surface area contributed by atoms with Crippen LogP contribution in [0.25, 0.3) is 0 Å². The second kappa shape index (κ2) is 10.8. The molecule has 132 valence electrons. The fourth-order valence-electron chi connectivity index (χ4n) is 1.99. The predicted octanol–water partition coefficient (Wildman–Crippen LogP) is 2.11. The largest absolute Gasteiger partial charge is 0.354 e.